The van der Waals surface area contributed by atoms with Crippen LogP contribution < -0.4 is 0 Å². The predicted octanol–water partition coefficient (Wildman–Crippen LogP) is 3.10. The summed E-state index contributed by atoms with van der Waals surface area (Å²) in [5, 5.41) is 0.194. The number of esters is 1. The molecule has 1 aliphatic carbocycles. The van der Waals surface area contributed by atoms with Crippen molar-refractivity contribution in [3.05, 3.63) is 0 Å². The molecule has 0 unspecified atom stereocenters. The molecule has 3 atom stereocenters. The molecule has 1 saturated carbocycles. The Balaban J connectivity index is 2.10. The molecule has 2 aliphatic rings. The summed E-state index contributed by atoms with van der Waals surface area (Å²) in [6.07, 6.45) is 1.79. The molecule has 0 N–H and O–H groups in total. The molecule has 0 aromatic heterocycles. The molecule has 98 valence electrons. The van der Waals surface area contributed by atoms with Crippen LogP contribution in [0.5, 0.6) is 0 Å². The Bertz CT molecular complexity index is 345. The predicted molar refractivity (Wildman–Crippen MR) is 69.3 cm³/mol. The van der Waals surface area contributed by atoms with E-state index in [1.165, 1.54) is 0 Å². The van der Waals surface area contributed by atoms with Crippen molar-refractivity contribution in [2.24, 2.45) is 5.92 Å². The molecule has 4 heteroatoms. The lowest BCUT2D eigenvalue weighted by Crippen LogP contribution is -2.47. The van der Waals surface area contributed by atoms with Gasteiger partial charge in [-0.2, -0.15) is 0 Å². The van der Waals surface area contributed by atoms with Crippen molar-refractivity contribution in [2.75, 3.05) is 0 Å². The van der Waals surface area contributed by atoms with Crippen LogP contribution in [0.15, 0.2) is 0 Å². The van der Waals surface area contributed by atoms with Crippen molar-refractivity contribution in [1.82, 2.24) is 0 Å². The van der Waals surface area contributed by atoms with E-state index in [0.717, 1.165) is 12.8 Å². The SMILES string of the molecule is CC(C)(C)[Si](C)(C)O[C@@H]1C[C@]2(C)C[C@H]1C(=O)O2. The van der Waals surface area contributed by atoms with Crippen molar-refractivity contribution in [3.63, 3.8) is 0 Å². The van der Waals surface area contributed by atoms with Gasteiger partial charge in [0.1, 0.15) is 5.60 Å². The first kappa shape index (κ1) is 13.1. The Morgan fingerprint density at radius 1 is 1.35 bits per heavy atom. The zero-order valence-electron chi connectivity index (χ0n) is 11.8. The molecule has 17 heavy (non-hydrogen) atoms. The van der Waals surface area contributed by atoms with Gasteiger partial charge >= 0.3 is 5.97 Å². The minimum Gasteiger partial charge on any atom is -0.459 e. The molecule has 2 bridgehead atoms. The van der Waals surface area contributed by atoms with Crippen molar-refractivity contribution in [2.45, 2.75) is 70.4 Å². The molecule has 2 fully saturated rings. The normalized spacial score (nSPS) is 37.4. The summed E-state index contributed by atoms with van der Waals surface area (Å²) in [7, 11) is -1.78. The van der Waals surface area contributed by atoms with Crippen LogP contribution in [0.1, 0.15) is 40.5 Å². The maximum Gasteiger partial charge on any atom is 0.312 e. The van der Waals surface area contributed by atoms with Crippen LogP contribution in [-0.4, -0.2) is 26.0 Å². The number of carbonyl (C=O) groups is 1. The number of fused-ring (bicyclic) bond motifs is 2. The minimum atomic E-state index is -1.78. The van der Waals surface area contributed by atoms with Gasteiger partial charge in [0, 0.05) is 12.8 Å². The molecule has 2 rings (SSSR count). The lowest BCUT2D eigenvalue weighted by molar-refractivity contribution is -0.159. The van der Waals surface area contributed by atoms with Crippen molar-refractivity contribution in [3.8, 4) is 0 Å². The molecule has 0 spiro atoms. The molecule has 3 nitrogen and oxygen atoms in total. The first-order chi connectivity index (χ1) is 7.54. The third-order valence-electron chi connectivity index (χ3n) is 4.64. The summed E-state index contributed by atoms with van der Waals surface area (Å²) in [5.74, 6) is -0.0726. The molecule has 0 aromatic rings. The van der Waals surface area contributed by atoms with Gasteiger partial charge in [0.05, 0.1) is 12.0 Å². The first-order valence-corrected chi connectivity index (χ1v) is 9.36. The molecule has 0 amide bonds. The maximum absolute atomic E-state index is 11.7. The van der Waals surface area contributed by atoms with E-state index in [1.54, 1.807) is 0 Å². The summed E-state index contributed by atoms with van der Waals surface area (Å²) in [5.41, 5.74) is -0.255. The van der Waals surface area contributed by atoms with Gasteiger partial charge in [-0.1, -0.05) is 20.8 Å². The van der Waals surface area contributed by atoms with Crippen LogP contribution in [0, 0.1) is 5.92 Å². The van der Waals surface area contributed by atoms with Crippen LogP contribution in [0.2, 0.25) is 18.1 Å². The second-order valence-corrected chi connectivity index (χ2v) is 12.1. The van der Waals surface area contributed by atoms with Crippen LogP contribution in [0.3, 0.4) is 0 Å². The van der Waals surface area contributed by atoms with E-state index in [9.17, 15) is 4.79 Å². The fourth-order valence-electron chi connectivity index (χ4n) is 2.56. The molecular weight excluding hydrogens is 232 g/mol. The second kappa shape index (κ2) is 3.57. The number of carbonyl (C=O) groups excluding carboxylic acids is 1. The van der Waals surface area contributed by atoms with Gasteiger partial charge in [0.25, 0.3) is 0 Å². The van der Waals surface area contributed by atoms with Crippen molar-refractivity contribution >= 4 is 14.3 Å². The summed E-state index contributed by atoms with van der Waals surface area (Å²) in [6, 6.07) is 0. The molecule has 1 heterocycles. The molecule has 0 aromatic carbocycles. The number of hydrogen-bond acceptors (Lipinski definition) is 3. The van der Waals surface area contributed by atoms with Crippen molar-refractivity contribution < 1.29 is 14.0 Å². The molecule has 1 aliphatic heterocycles. The van der Waals surface area contributed by atoms with Crippen LogP contribution in [0.4, 0.5) is 0 Å². The van der Waals surface area contributed by atoms with E-state index < -0.39 is 8.32 Å². The van der Waals surface area contributed by atoms with E-state index >= 15 is 0 Å². The van der Waals surface area contributed by atoms with Crippen molar-refractivity contribution in [1.29, 1.82) is 0 Å². The Labute approximate surface area is 105 Å². The second-order valence-electron chi connectivity index (χ2n) is 7.30. The van der Waals surface area contributed by atoms with Crippen LogP contribution >= 0.6 is 0 Å². The van der Waals surface area contributed by atoms with Gasteiger partial charge in [-0.3, -0.25) is 4.79 Å². The topological polar surface area (TPSA) is 35.5 Å². The standard InChI is InChI=1S/C13H24O3Si/c1-12(2,3)17(5,6)16-10-8-13(4)7-9(10)11(14)15-13/h9-10H,7-8H2,1-6H3/t9-,10-,13+/m1/s1. The Morgan fingerprint density at radius 3 is 2.35 bits per heavy atom. The third-order valence-corrected chi connectivity index (χ3v) is 9.14. The van der Waals surface area contributed by atoms with Gasteiger partial charge < -0.3 is 9.16 Å². The highest BCUT2D eigenvalue weighted by Gasteiger charge is 2.57. The average Bonchev–Trinajstić information content (AvgIpc) is 2.52. The lowest BCUT2D eigenvalue weighted by Gasteiger charge is -2.40. The van der Waals surface area contributed by atoms with Crippen LogP contribution in [-0.2, 0) is 14.0 Å². The van der Waals surface area contributed by atoms with Gasteiger partial charge in [0.15, 0.2) is 8.32 Å². The monoisotopic (exact) mass is 256 g/mol. The Hall–Kier alpha value is -0.353. The zero-order valence-corrected chi connectivity index (χ0v) is 12.8. The quantitative estimate of drug-likeness (QED) is 0.562. The van der Waals surface area contributed by atoms with E-state index in [4.69, 9.17) is 9.16 Å². The zero-order chi connectivity index (χ0) is 13.1. The van der Waals surface area contributed by atoms with E-state index in [1.807, 2.05) is 6.92 Å². The smallest absolute Gasteiger partial charge is 0.312 e. The third kappa shape index (κ3) is 2.17. The Morgan fingerprint density at radius 2 is 1.94 bits per heavy atom. The molecular formula is C13H24O3Si. The largest absolute Gasteiger partial charge is 0.459 e. The maximum atomic E-state index is 11.7. The number of ether oxygens (including phenoxy) is 1. The highest BCUT2D eigenvalue weighted by Crippen LogP contribution is 2.49. The fraction of sp³-hybridized carbons (Fsp3) is 0.923. The van der Waals surface area contributed by atoms with E-state index in [0.29, 0.717) is 0 Å². The van der Waals surface area contributed by atoms with E-state index in [-0.39, 0.29) is 28.6 Å². The number of rotatable bonds is 2. The summed E-state index contributed by atoms with van der Waals surface area (Å²) >= 11 is 0. The lowest BCUT2D eigenvalue weighted by atomic mass is 10.1. The van der Waals surface area contributed by atoms with Gasteiger partial charge in [-0.05, 0) is 25.1 Å². The number of hydrogen-bond donors (Lipinski definition) is 0. The molecule has 1 saturated heterocycles. The van der Waals surface area contributed by atoms with Crippen LogP contribution in [0.25, 0.3) is 0 Å². The highest BCUT2D eigenvalue weighted by molar-refractivity contribution is 6.74. The summed E-state index contributed by atoms with van der Waals surface area (Å²) < 4.78 is 11.7. The van der Waals surface area contributed by atoms with E-state index in [2.05, 4.69) is 33.9 Å². The van der Waals surface area contributed by atoms with Gasteiger partial charge in [-0.25, -0.2) is 0 Å². The highest BCUT2D eigenvalue weighted by atomic mass is 28.4. The van der Waals surface area contributed by atoms with Gasteiger partial charge in [-0.15, -0.1) is 0 Å². The fourth-order valence-corrected chi connectivity index (χ4v) is 3.92. The Kier molecular flexibility index (Phi) is 2.75. The average molecular weight is 256 g/mol. The molecule has 0 radical (unpaired) electrons. The minimum absolute atomic E-state index is 0.0193. The first-order valence-electron chi connectivity index (χ1n) is 6.45. The van der Waals surface area contributed by atoms with Gasteiger partial charge in [0.2, 0.25) is 0 Å². The summed E-state index contributed by atoms with van der Waals surface area (Å²) in [4.78, 5) is 11.7. The summed E-state index contributed by atoms with van der Waals surface area (Å²) in [6.45, 7) is 13.2.